The number of nitro benzene ring substituents is 2. The Kier molecular flexibility index (Phi) is 4.41. The summed E-state index contributed by atoms with van der Waals surface area (Å²) in [5, 5.41) is 21.9. The van der Waals surface area contributed by atoms with E-state index in [-0.39, 0.29) is 42.6 Å². The first-order valence-corrected chi connectivity index (χ1v) is 9.61. The second-order valence-electron chi connectivity index (χ2n) is 7.89. The van der Waals surface area contributed by atoms with Gasteiger partial charge in [-0.2, -0.15) is 0 Å². The van der Waals surface area contributed by atoms with Crippen molar-refractivity contribution in [1.82, 2.24) is 4.90 Å². The monoisotopic (exact) mass is 409 g/mol. The van der Waals surface area contributed by atoms with Crippen molar-refractivity contribution >= 4 is 23.2 Å². The minimum absolute atomic E-state index is 0.0687. The number of piperidine rings is 2. The number of non-ortho nitro benzene ring substituents is 2. The molecule has 2 aromatic rings. The maximum atomic E-state index is 13.3. The number of hydrogen-bond acceptors (Lipinski definition) is 6. The first-order valence-electron chi connectivity index (χ1n) is 9.61. The molecule has 3 fully saturated rings. The van der Waals surface area contributed by atoms with Gasteiger partial charge in [-0.1, -0.05) is 31.2 Å². The van der Waals surface area contributed by atoms with Crippen molar-refractivity contribution in [2.45, 2.75) is 37.0 Å². The lowest BCUT2D eigenvalue weighted by molar-refractivity contribution is -0.385. The van der Waals surface area contributed by atoms with E-state index in [0.29, 0.717) is 17.5 Å². The summed E-state index contributed by atoms with van der Waals surface area (Å²) in [6.07, 6.45) is 1.09. The minimum atomic E-state index is -0.931. The van der Waals surface area contributed by atoms with Gasteiger partial charge >= 0.3 is 0 Å². The number of amides is 2. The molecule has 9 heteroatoms. The molecule has 9 nitrogen and oxygen atoms in total. The van der Waals surface area contributed by atoms with Crippen LogP contribution >= 0.6 is 0 Å². The summed E-state index contributed by atoms with van der Waals surface area (Å²) in [6.45, 7) is 2.15. The zero-order valence-electron chi connectivity index (χ0n) is 16.2. The Balaban J connectivity index is 1.77. The lowest BCUT2D eigenvalue weighted by atomic mass is 9.45. The Morgan fingerprint density at radius 3 is 1.47 bits per heavy atom. The van der Waals surface area contributed by atoms with Gasteiger partial charge in [-0.15, -0.1) is 0 Å². The summed E-state index contributed by atoms with van der Waals surface area (Å²) in [5.41, 5.74) is -0.713. The molecular weight excluding hydrogens is 390 g/mol. The standard InChI is InChI=1S/C21H19N3O6/c1-2-11-22-18(25)20(14-3-7-16(8-4-14)23(27)28)12-21(13-20,19(22)26)15-5-9-17(10-6-15)24(29)30/h3-10H,2,11-13H2,1H3. The van der Waals surface area contributed by atoms with Gasteiger partial charge in [0, 0.05) is 30.8 Å². The molecule has 0 radical (unpaired) electrons. The van der Waals surface area contributed by atoms with Crippen LogP contribution in [0.25, 0.3) is 0 Å². The summed E-state index contributed by atoms with van der Waals surface area (Å²) < 4.78 is 0. The summed E-state index contributed by atoms with van der Waals surface area (Å²) in [6, 6.07) is 11.8. The molecule has 0 aromatic heterocycles. The number of carbonyl (C=O) groups is 2. The van der Waals surface area contributed by atoms with Gasteiger partial charge in [0.15, 0.2) is 0 Å². The van der Waals surface area contributed by atoms with Crippen molar-refractivity contribution in [3.63, 3.8) is 0 Å². The summed E-state index contributed by atoms with van der Waals surface area (Å²) in [5.74, 6) is -0.570. The van der Waals surface area contributed by atoms with Crippen molar-refractivity contribution in [2.24, 2.45) is 0 Å². The average Bonchev–Trinajstić information content (AvgIpc) is 2.71. The van der Waals surface area contributed by atoms with Crippen LogP contribution in [0, 0.1) is 20.2 Å². The number of fused-ring (bicyclic) bond motifs is 2. The molecule has 2 bridgehead atoms. The van der Waals surface area contributed by atoms with Crippen LogP contribution in [0.4, 0.5) is 11.4 Å². The van der Waals surface area contributed by atoms with E-state index in [0.717, 1.165) is 0 Å². The zero-order valence-corrected chi connectivity index (χ0v) is 16.2. The molecule has 154 valence electrons. The van der Waals surface area contributed by atoms with Gasteiger partial charge in [0.05, 0.1) is 20.7 Å². The Morgan fingerprint density at radius 1 is 0.800 bits per heavy atom. The zero-order chi connectivity index (χ0) is 21.7. The molecule has 3 aliphatic rings. The molecule has 1 saturated carbocycles. The highest BCUT2D eigenvalue weighted by atomic mass is 16.6. The van der Waals surface area contributed by atoms with Crippen molar-refractivity contribution in [1.29, 1.82) is 0 Å². The predicted molar refractivity (Wildman–Crippen MR) is 106 cm³/mol. The van der Waals surface area contributed by atoms with Crippen molar-refractivity contribution in [2.75, 3.05) is 6.54 Å². The molecule has 2 aromatic carbocycles. The Bertz CT molecular complexity index is 974. The maximum absolute atomic E-state index is 13.3. The molecule has 2 aliphatic heterocycles. The van der Waals surface area contributed by atoms with Crippen molar-refractivity contribution in [3.05, 3.63) is 79.9 Å². The lowest BCUT2D eigenvalue weighted by Crippen LogP contribution is -2.73. The van der Waals surface area contributed by atoms with Crippen molar-refractivity contribution in [3.8, 4) is 0 Å². The fourth-order valence-corrected chi connectivity index (χ4v) is 4.78. The van der Waals surface area contributed by atoms with E-state index >= 15 is 0 Å². The third-order valence-electron chi connectivity index (χ3n) is 6.22. The normalized spacial score (nSPS) is 25.0. The van der Waals surface area contributed by atoms with Crippen LogP contribution < -0.4 is 0 Å². The van der Waals surface area contributed by atoms with E-state index in [9.17, 15) is 29.8 Å². The molecule has 2 amide bonds. The maximum Gasteiger partial charge on any atom is 0.269 e. The topological polar surface area (TPSA) is 124 Å². The fraction of sp³-hybridized carbons (Fsp3) is 0.333. The van der Waals surface area contributed by atoms with Crippen LogP contribution in [0.1, 0.15) is 37.3 Å². The number of nitro groups is 2. The smallest absolute Gasteiger partial charge is 0.269 e. The third kappa shape index (κ3) is 2.62. The minimum Gasteiger partial charge on any atom is -0.281 e. The van der Waals surface area contributed by atoms with E-state index in [1.54, 1.807) is 24.3 Å². The molecule has 2 heterocycles. The molecule has 2 saturated heterocycles. The number of rotatable bonds is 6. The van der Waals surface area contributed by atoms with Crippen LogP contribution in [-0.4, -0.2) is 33.1 Å². The van der Waals surface area contributed by atoms with Gasteiger partial charge in [-0.25, -0.2) is 0 Å². The van der Waals surface area contributed by atoms with E-state index in [4.69, 9.17) is 0 Å². The number of hydrogen-bond donors (Lipinski definition) is 0. The van der Waals surface area contributed by atoms with E-state index in [1.165, 1.54) is 29.2 Å². The highest BCUT2D eigenvalue weighted by molar-refractivity contribution is 6.12. The number of benzene rings is 2. The van der Waals surface area contributed by atoms with Crippen LogP contribution in [-0.2, 0) is 20.4 Å². The van der Waals surface area contributed by atoms with Gasteiger partial charge < -0.3 is 0 Å². The number of imide groups is 1. The SMILES string of the molecule is CCCN1C(=O)C2(c3ccc([N+](=O)[O-])cc3)CC(c3ccc([N+](=O)[O-])cc3)(C2)C1=O. The average molecular weight is 409 g/mol. The molecular formula is C21H19N3O6. The van der Waals surface area contributed by atoms with Crippen molar-refractivity contribution < 1.29 is 19.4 Å². The second kappa shape index (κ2) is 6.72. The molecule has 0 atom stereocenters. The summed E-state index contributed by atoms with van der Waals surface area (Å²) in [4.78, 5) is 48.8. The van der Waals surface area contributed by atoms with Gasteiger partial charge in [0.2, 0.25) is 11.8 Å². The highest BCUT2D eigenvalue weighted by Crippen LogP contribution is 2.62. The first-order chi connectivity index (χ1) is 14.2. The van der Waals surface area contributed by atoms with E-state index in [1.807, 2.05) is 6.92 Å². The van der Waals surface area contributed by atoms with E-state index < -0.39 is 20.7 Å². The Labute approximate surface area is 171 Å². The predicted octanol–water partition coefficient (Wildman–Crippen LogP) is 3.25. The highest BCUT2D eigenvalue weighted by Gasteiger charge is 2.70. The fourth-order valence-electron chi connectivity index (χ4n) is 4.78. The number of nitrogens with zero attached hydrogens (tertiary/aromatic N) is 3. The summed E-state index contributed by atoms with van der Waals surface area (Å²) in [7, 11) is 0. The number of carbonyl (C=O) groups excluding carboxylic acids is 2. The van der Waals surface area contributed by atoms with Gasteiger partial charge in [-0.05, 0) is 30.4 Å². The second-order valence-corrected chi connectivity index (χ2v) is 7.89. The Hall–Kier alpha value is -3.62. The van der Waals surface area contributed by atoms with Gasteiger partial charge in [0.25, 0.3) is 11.4 Å². The van der Waals surface area contributed by atoms with E-state index in [2.05, 4.69) is 0 Å². The Morgan fingerprint density at radius 2 is 1.17 bits per heavy atom. The first kappa shape index (κ1) is 19.7. The quantitative estimate of drug-likeness (QED) is 0.410. The lowest BCUT2D eigenvalue weighted by Gasteiger charge is -2.61. The summed E-state index contributed by atoms with van der Waals surface area (Å²) >= 11 is 0. The van der Waals surface area contributed by atoms with Gasteiger partial charge in [-0.3, -0.25) is 34.7 Å². The van der Waals surface area contributed by atoms with Crippen LogP contribution in [0.2, 0.25) is 0 Å². The van der Waals surface area contributed by atoms with Crippen LogP contribution in [0.3, 0.4) is 0 Å². The van der Waals surface area contributed by atoms with Crippen LogP contribution in [0.5, 0.6) is 0 Å². The van der Waals surface area contributed by atoms with Gasteiger partial charge in [0.1, 0.15) is 0 Å². The molecule has 5 rings (SSSR count). The largest absolute Gasteiger partial charge is 0.281 e. The molecule has 0 unspecified atom stereocenters. The molecule has 1 aliphatic carbocycles. The molecule has 30 heavy (non-hydrogen) atoms. The molecule has 0 spiro atoms. The van der Waals surface area contributed by atoms with Crippen LogP contribution in [0.15, 0.2) is 48.5 Å². The third-order valence-corrected chi connectivity index (χ3v) is 6.22. The molecule has 0 N–H and O–H groups in total.